The van der Waals surface area contributed by atoms with Crippen molar-refractivity contribution in [1.29, 1.82) is 0 Å². The molecule has 2 heteroatoms. The minimum absolute atomic E-state index is 0.0710. The third kappa shape index (κ3) is 3.37. The summed E-state index contributed by atoms with van der Waals surface area (Å²) in [6.45, 7) is 11.3. The Labute approximate surface area is 118 Å². The lowest BCUT2D eigenvalue weighted by Crippen LogP contribution is -2.48. The van der Waals surface area contributed by atoms with Gasteiger partial charge in [-0.3, -0.25) is 0 Å². The normalized spacial score (nSPS) is 28.0. The summed E-state index contributed by atoms with van der Waals surface area (Å²) >= 11 is 0. The Hall–Kier alpha value is -0.860. The summed E-state index contributed by atoms with van der Waals surface area (Å²) in [6, 6.07) is 10.7. The second kappa shape index (κ2) is 6.06. The lowest BCUT2D eigenvalue weighted by atomic mass is 9.80. The third-order valence-electron chi connectivity index (χ3n) is 4.91. The molecule has 19 heavy (non-hydrogen) atoms. The molecule has 1 aliphatic rings. The van der Waals surface area contributed by atoms with Crippen LogP contribution in [0, 0.1) is 11.8 Å². The zero-order valence-corrected chi connectivity index (χ0v) is 12.6. The molecule has 0 radical (unpaired) electrons. The second-order valence-corrected chi connectivity index (χ2v) is 6.61. The highest BCUT2D eigenvalue weighted by molar-refractivity contribution is 5.25. The van der Waals surface area contributed by atoms with Crippen LogP contribution < -0.4 is 5.73 Å². The van der Waals surface area contributed by atoms with E-state index in [4.69, 9.17) is 5.73 Å². The third-order valence-corrected chi connectivity index (χ3v) is 4.91. The SMILES string of the molecule is CC1CCN(CC(C)(CN)c2ccccc2)CC1C. The first-order valence-electron chi connectivity index (χ1n) is 7.53. The summed E-state index contributed by atoms with van der Waals surface area (Å²) in [5.41, 5.74) is 7.53. The molecular weight excluding hydrogens is 232 g/mol. The number of nitrogens with two attached hydrogens (primary N) is 1. The molecular formula is C17H28N2. The van der Waals surface area contributed by atoms with Gasteiger partial charge < -0.3 is 10.6 Å². The number of nitrogens with zero attached hydrogens (tertiary/aromatic N) is 1. The predicted octanol–water partition coefficient (Wildman–Crippen LogP) is 2.88. The van der Waals surface area contributed by atoms with Crippen molar-refractivity contribution in [2.45, 2.75) is 32.6 Å². The van der Waals surface area contributed by atoms with Gasteiger partial charge in [0.1, 0.15) is 0 Å². The number of rotatable bonds is 4. The highest BCUT2D eigenvalue weighted by Gasteiger charge is 2.31. The topological polar surface area (TPSA) is 29.3 Å². The molecule has 2 N–H and O–H groups in total. The standard InChI is InChI=1S/C17H28N2/c1-14-9-10-19(11-15(14)2)13-17(3,12-18)16-7-5-4-6-8-16/h4-8,14-15H,9-13,18H2,1-3H3. The van der Waals surface area contributed by atoms with Crippen LogP contribution in [-0.4, -0.2) is 31.1 Å². The summed E-state index contributed by atoms with van der Waals surface area (Å²) in [5.74, 6) is 1.66. The molecule has 0 aromatic heterocycles. The van der Waals surface area contributed by atoms with Crippen molar-refractivity contribution in [3.8, 4) is 0 Å². The van der Waals surface area contributed by atoms with E-state index in [0.717, 1.165) is 18.4 Å². The average Bonchev–Trinajstić information content (AvgIpc) is 2.44. The molecule has 1 saturated heterocycles. The lowest BCUT2D eigenvalue weighted by Gasteiger charge is -2.41. The Morgan fingerprint density at radius 2 is 1.89 bits per heavy atom. The minimum atomic E-state index is 0.0710. The number of piperidine rings is 1. The van der Waals surface area contributed by atoms with Gasteiger partial charge in [-0.25, -0.2) is 0 Å². The van der Waals surface area contributed by atoms with Crippen LogP contribution in [0.5, 0.6) is 0 Å². The Kier molecular flexibility index (Phi) is 4.64. The first kappa shape index (κ1) is 14.5. The van der Waals surface area contributed by atoms with Crippen LogP contribution in [0.15, 0.2) is 30.3 Å². The Bertz CT molecular complexity index is 390. The summed E-state index contributed by atoms with van der Waals surface area (Å²) in [5, 5.41) is 0. The molecule has 3 unspecified atom stereocenters. The summed E-state index contributed by atoms with van der Waals surface area (Å²) in [4.78, 5) is 2.60. The number of benzene rings is 1. The summed E-state index contributed by atoms with van der Waals surface area (Å²) < 4.78 is 0. The molecule has 1 heterocycles. The average molecular weight is 260 g/mol. The maximum atomic E-state index is 6.09. The van der Waals surface area contributed by atoms with Gasteiger partial charge in [-0.05, 0) is 30.4 Å². The fourth-order valence-electron chi connectivity index (χ4n) is 3.10. The van der Waals surface area contributed by atoms with E-state index in [1.807, 2.05) is 0 Å². The molecule has 0 spiro atoms. The smallest absolute Gasteiger partial charge is 0.0174 e. The van der Waals surface area contributed by atoms with Crippen molar-refractivity contribution >= 4 is 0 Å². The highest BCUT2D eigenvalue weighted by atomic mass is 15.1. The van der Waals surface area contributed by atoms with E-state index >= 15 is 0 Å². The van der Waals surface area contributed by atoms with Gasteiger partial charge >= 0.3 is 0 Å². The Balaban J connectivity index is 2.07. The largest absolute Gasteiger partial charge is 0.330 e. The van der Waals surface area contributed by atoms with Crippen LogP contribution in [0.2, 0.25) is 0 Å². The molecule has 1 aromatic rings. The van der Waals surface area contributed by atoms with Crippen molar-refractivity contribution in [1.82, 2.24) is 4.90 Å². The van der Waals surface area contributed by atoms with E-state index in [1.165, 1.54) is 25.1 Å². The second-order valence-electron chi connectivity index (χ2n) is 6.61. The van der Waals surface area contributed by atoms with Gasteiger partial charge in [0.25, 0.3) is 0 Å². The summed E-state index contributed by atoms with van der Waals surface area (Å²) in [6.07, 6.45) is 1.32. The van der Waals surface area contributed by atoms with E-state index in [1.54, 1.807) is 0 Å². The molecule has 0 amide bonds. The molecule has 2 nitrogen and oxygen atoms in total. The Morgan fingerprint density at radius 3 is 2.47 bits per heavy atom. The summed E-state index contributed by atoms with van der Waals surface area (Å²) in [7, 11) is 0. The quantitative estimate of drug-likeness (QED) is 0.902. The van der Waals surface area contributed by atoms with Crippen molar-refractivity contribution in [3.63, 3.8) is 0 Å². The van der Waals surface area contributed by atoms with Crippen LogP contribution >= 0.6 is 0 Å². The van der Waals surface area contributed by atoms with Gasteiger partial charge in [-0.2, -0.15) is 0 Å². The van der Waals surface area contributed by atoms with E-state index in [-0.39, 0.29) is 5.41 Å². The maximum Gasteiger partial charge on any atom is 0.0174 e. The van der Waals surface area contributed by atoms with Crippen LogP contribution in [0.25, 0.3) is 0 Å². The van der Waals surface area contributed by atoms with Gasteiger partial charge in [0.15, 0.2) is 0 Å². The molecule has 0 bridgehead atoms. The van der Waals surface area contributed by atoms with E-state index in [9.17, 15) is 0 Å². The van der Waals surface area contributed by atoms with Crippen molar-refractivity contribution < 1.29 is 0 Å². The molecule has 1 fully saturated rings. The first-order chi connectivity index (χ1) is 9.05. The van der Waals surface area contributed by atoms with Crippen molar-refractivity contribution in [2.75, 3.05) is 26.2 Å². The van der Waals surface area contributed by atoms with Crippen LogP contribution in [-0.2, 0) is 5.41 Å². The molecule has 2 rings (SSSR count). The van der Waals surface area contributed by atoms with Gasteiger partial charge in [0.2, 0.25) is 0 Å². The monoisotopic (exact) mass is 260 g/mol. The Morgan fingerprint density at radius 1 is 1.21 bits per heavy atom. The van der Waals surface area contributed by atoms with Crippen LogP contribution in [0.3, 0.4) is 0 Å². The zero-order chi connectivity index (χ0) is 13.9. The zero-order valence-electron chi connectivity index (χ0n) is 12.6. The first-order valence-corrected chi connectivity index (χ1v) is 7.53. The van der Waals surface area contributed by atoms with Gasteiger partial charge in [-0.1, -0.05) is 51.1 Å². The van der Waals surface area contributed by atoms with Gasteiger partial charge in [0, 0.05) is 25.0 Å². The van der Waals surface area contributed by atoms with E-state index in [2.05, 4.69) is 56.0 Å². The molecule has 0 aliphatic carbocycles. The number of likely N-dealkylation sites (tertiary alicyclic amines) is 1. The van der Waals surface area contributed by atoms with Gasteiger partial charge in [0.05, 0.1) is 0 Å². The number of hydrogen-bond acceptors (Lipinski definition) is 2. The van der Waals surface area contributed by atoms with E-state index in [0.29, 0.717) is 6.54 Å². The lowest BCUT2D eigenvalue weighted by molar-refractivity contribution is 0.115. The molecule has 106 valence electrons. The van der Waals surface area contributed by atoms with Crippen molar-refractivity contribution in [3.05, 3.63) is 35.9 Å². The van der Waals surface area contributed by atoms with E-state index < -0.39 is 0 Å². The predicted molar refractivity (Wildman–Crippen MR) is 82.2 cm³/mol. The molecule has 0 saturated carbocycles. The van der Waals surface area contributed by atoms with Crippen molar-refractivity contribution in [2.24, 2.45) is 17.6 Å². The van der Waals surface area contributed by atoms with Crippen LogP contribution in [0.4, 0.5) is 0 Å². The fourth-order valence-corrected chi connectivity index (χ4v) is 3.10. The van der Waals surface area contributed by atoms with Crippen LogP contribution in [0.1, 0.15) is 32.8 Å². The van der Waals surface area contributed by atoms with Gasteiger partial charge in [-0.15, -0.1) is 0 Å². The molecule has 1 aliphatic heterocycles. The maximum absolute atomic E-state index is 6.09. The fraction of sp³-hybridized carbons (Fsp3) is 0.647. The highest BCUT2D eigenvalue weighted by Crippen LogP contribution is 2.28. The number of hydrogen-bond donors (Lipinski definition) is 1. The molecule has 1 aromatic carbocycles. The molecule has 3 atom stereocenters. The minimum Gasteiger partial charge on any atom is -0.330 e.